The zero-order valence-corrected chi connectivity index (χ0v) is 13.2. The van der Waals surface area contributed by atoms with Gasteiger partial charge in [-0.2, -0.15) is 0 Å². The lowest BCUT2D eigenvalue weighted by molar-refractivity contribution is 0.0683. The van der Waals surface area contributed by atoms with E-state index in [-0.39, 0.29) is 12.1 Å². The van der Waals surface area contributed by atoms with Crippen molar-refractivity contribution in [2.75, 3.05) is 11.9 Å². The summed E-state index contributed by atoms with van der Waals surface area (Å²) >= 11 is 0. The molecule has 3 rings (SSSR count). The third-order valence-electron chi connectivity index (χ3n) is 4.19. The van der Waals surface area contributed by atoms with E-state index < -0.39 is 0 Å². The molecule has 1 amide bonds. The molecule has 1 N–H and O–H groups in total. The van der Waals surface area contributed by atoms with E-state index in [1.807, 2.05) is 29.2 Å². The number of carbonyl (C=O) groups is 1. The molecule has 0 unspecified atom stereocenters. The second-order valence-electron chi connectivity index (χ2n) is 5.69. The second-order valence-corrected chi connectivity index (χ2v) is 5.69. The number of hydrogen-bond acceptors (Lipinski definition) is 2. The van der Waals surface area contributed by atoms with Gasteiger partial charge < -0.3 is 10.2 Å². The minimum absolute atomic E-state index is 0.0896. The smallest absolute Gasteiger partial charge is 0.257 e. The van der Waals surface area contributed by atoms with Gasteiger partial charge in [0.05, 0.1) is 5.56 Å². The molecule has 3 heteroatoms. The van der Waals surface area contributed by atoms with Gasteiger partial charge in [0.2, 0.25) is 0 Å². The van der Waals surface area contributed by atoms with Gasteiger partial charge in [0.25, 0.3) is 5.91 Å². The molecule has 2 aromatic rings. The summed E-state index contributed by atoms with van der Waals surface area (Å²) in [5.74, 6) is 0.112. The number of nitrogens with one attached hydrogen (secondary N) is 1. The van der Waals surface area contributed by atoms with Gasteiger partial charge in [-0.05, 0) is 36.1 Å². The van der Waals surface area contributed by atoms with Crippen molar-refractivity contribution in [1.29, 1.82) is 0 Å². The second kappa shape index (κ2) is 6.22. The Hall–Kier alpha value is -2.29. The van der Waals surface area contributed by atoms with Crippen LogP contribution >= 0.6 is 0 Å². The standard InChI is InChI=1S/C19H22N2O/c1-3-13-21-18(15-11-9-14(4-2)10-12-15)20-17-8-6-5-7-16(17)19(21)22/h5-12,18,20H,3-4,13H2,1-2H3/t18-/m1/s1. The quantitative estimate of drug-likeness (QED) is 0.915. The Morgan fingerprint density at radius 2 is 1.77 bits per heavy atom. The summed E-state index contributed by atoms with van der Waals surface area (Å²) in [7, 11) is 0. The van der Waals surface area contributed by atoms with Crippen LogP contribution in [0.1, 0.15) is 47.9 Å². The van der Waals surface area contributed by atoms with E-state index in [9.17, 15) is 4.79 Å². The number of hydrogen-bond donors (Lipinski definition) is 1. The van der Waals surface area contributed by atoms with Gasteiger partial charge in [0.15, 0.2) is 0 Å². The highest BCUT2D eigenvalue weighted by atomic mass is 16.2. The molecule has 114 valence electrons. The lowest BCUT2D eigenvalue weighted by Crippen LogP contribution is -2.43. The zero-order valence-electron chi connectivity index (χ0n) is 13.2. The molecular formula is C19H22N2O. The minimum atomic E-state index is -0.0896. The molecule has 22 heavy (non-hydrogen) atoms. The number of aryl methyl sites for hydroxylation is 1. The number of anilines is 1. The van der Waals surface area contributed by atoms with Crippen molar-refractivity contribution in [2.24, 2.45) is 0 Å². The molecule has 1 aliphatic heterocycles. The SMILES string of the molecule is CCCN1C(=O)c2ccccc2N[C@H]1c1ccc(CC)cc1. The molecule has 0 saturated carbocycles. The van der Waals surface area contributed by atoms with Crippen molar-refractivity contribution in [1.82, 2.24) is 4.90 Å². The number of carbonyl (C=O) groups excluding carboxylic acids is 1. The van der Waals surface area contributed by atoms with E-state index in [4.69, 9.17) is 0 Å². The van der Waals surface area contributed by atoms with Crippen LogP contribution in [0.15, 0.2) is 48.5 Å². The fourth-order valence-corrected chi connectivity index (χ4v) is 2.96. The Labute approximate surface area is 132 Å². The predicted molar refractivity (Wildman–Crippen MR) is 90.0 cm³/mol. The maximum atomic E-state index is 12.8. The van der Waals surface area contributed by atoms with Crippen LogP contribution in [0.2, 0.25) is 0 Å². The van der Waals surface area contributed by atoms with E-state index in [1.165, 1.54) is 5.56 Å². The highest BCUT2D eigenvalue weighted by molar-refractivity contribution is 6.01. The van der Waals surface area contributed by atoms with Crippen LogP contribution in [0.5, 0.6) is 0 Å². The van der Waals surface area contributed by atoms with Gasteiger partial charge in [-0.25, -0.2) is 0 Å². The molecule has 0 bridgehead atoms. The molecule has 0 spiro atoms. The Balaban J connectivity index is 1.99. The molecule has 0 saturated heterocycles. The molecule has 0 aromatic heterocycles. The topological polar surface area (TPSA) is 32.3 Å². The molecule has 2 aromatic carbocycles. The highest BCUT2D eigenvalue weighted by Gasteiger charge is 2.31. The molecule has 3 nitrogen and oxygen atoms in total. The molecule has 1 atom stereocenters. The molecule has 1 heterocycles. The Morgan fingerprint density at radius 1 is 1.05 bits per heavy atom. The largest absolute Gasteiger partial charge is 0.361 e. The molecule has 0 radical (unpaired) electrons. The maximum Gasteiger partial charge on any atom is 0.257 e. The molecule has 0 aliphatic carbocycles. The zero-order chi connectivity index (χ0) is 15.5. The predicted octanol–water partition coefficient (Wildman–Crippen LogP) is 4.23. The number of rotatable bonds is 4. The molecule has 1 aliphatic rings. The number of nitrogens with zero attached hydrogens (tertiary/aromatic N) is 1. The lowest BCUT2D eigenvalue weighted by Gasteiger charge is -2.38. The first-order valence-electron chi connectivity index (χ1n) is 8.00. The van der Waals surface area contributed by atoms with Crippen LogP contribution in [0, 0.1) is 0 Å². The minimum Gasteiger partial charge on any atom is -0.361 e. The normalized spacial score (nSPS) is 17.1. The Morgan fingerprint density at radius 3 is 2.45 bits per heavy atom. The van der Waals surface area contributed by atoms with Crippen LogP contribution in [0.4, 0.5) is 5.69 Å². The van der Waals surface area contributed by atoms with Gasteiger partial charge in [-0.1, -0.05) is 50.2 Å². The van der Waals surface area contributed by atoms with Crippen LogP contribution in [-0.4, -0.2) is 17.4 Å². The summed E-state index contributed by atoms with van der Waals surface area (Å²) < 4.78 is 0. The van der Waals surface area contributed by atoms with Crippen molar-refractivity contribution >= 4 is 11.6 Å². The first kappa shape index (κ1) is 14.6. The van der Waals surface area contributed by atoms with Crippen molar-refractivity contribution < 1.29 is 4.79 Å². The van der Waals surface area contributed by atoms with Gasteiger partial charge in [0, 0.05) is 12.2 Å². The molecular weight excluding hydrogens is 272 g/mol. The van der Waals surface area contributed by atoms with Crippen molar-refractivity contribution in [3.63, 3.8) is 0 Å². The fourth-order valence-electron chi connectivity index (χ4n) is 2.96. The van der Waals surface area contributed by atoms with E-state index in [2.05, 4.69) is 43.4 Å². The maximum absolute atomic E-state index is 12.8. The van der Waals surface area contributed by atoms with Crippen molar-refractivity contribution in [2.45, 2.75) is 32.9 Å². The van der Waals surface area contributed by atoms with Gasteiger partial charge in [-0.15, -0.1) is 0 Å². The first-order valence-corrected chi connectivity index (χ1v) is 8.00. The Kier molecular flexibility index (Phi) is 4.14. The summed E-state index contributed by atoms with van der Waals surface area (Å²) in [5.41, 5.74) is 4.13. The van der Waals surface area contributed by atoms with E-state index >= 15 is 0 Å². The lowest BCUT2D eigenvalue weighted by atomic mass is 10.0. The summed E-state index contributed by atoms with van der Waals surface area (Å²) in [4.78, 5) is 14.7. The number of fused-ring (bicyclic) bond motifs is 1. The number of para-hydroxylation sites is 1. The van der Waals surface area contributed by atoms with Gasteiger partial charge in [0.1, 0.15) is 6.17 Å². The van der Waals surface area contributed by atoms with Gasteiger partial charge in [-0.3, -0.25) is 4.79 Å². The number of benzene rings is 2. The van der Waals surface area contributed by atoms with E-state index in [0.29, 0.717) is 0 Å². The first-order chi connectivity index (χ1) is 10.7. The monoisotopic (exact) mass is 294 g/mol. The fraction of sp³-hybridized carbons (Fsp3) is 0.316. The van der Waals surface area contributed by atoms with Gasteiger partial charge >= 0.3 is 0 Å². The summed E-state index contributed by atoms with van der Waals surface area (Å²) in [6, 6.07) is 16.3. The average Bonchev–Trinajstić information content (AvgIpc) is 2.57. The van der Waals surface area contributed by atoms with Crippen molar-refractivity contribution in [3.8, 4) is 0 Å². The van der Waals surface area contributed by atoms with E-state index in [1.54, 1.807) is 0 Å². The van der Waals surface area contributed by atoms with Crippen LogP contribution in [0.3, 0.4) is 0 Å². The average molecular weight is 294 g/mol. The van der Waals surface area contributed by atoms with Crippen LogP contribution < -0.4 is 5.32 Å². The third kappa shape index (κ3) is 2.59. The summed E-state index contributed by atoms with van der Waals surface area (Å²) in [5, 5.41) is 3.52. The third-order valence-corrected chi connectivity index (χ3v) is 4.19. The van der Waals surface area contributed by atoms with E-state index in [0.717, 1.165) is 36.2 Å². The summed E-state index contributed by atoms with van der Waals surface area (Å²) in [6.45, 7) is 5.00. The summed E-state index contributed by atoms with van der Waals surface area (Å²) in [6.07, 6.45) is 1.88. The number of amides is 1. The van der Waals surface area contributed by atoms with Crippen LogP contribution in [0.25, 0.3) is 0 Å². The molecule has 0 fully saturated rings. The van der Waals surface area contributed by atoms with Crippen LogP contribution in [-0.2, 0) is 6.42 Å². The highest BCUT2D eigenvalue weighted by Crippen LogP contribution is 2.33. The Bertz CT molecular complexity index is 663. The van der Waals surface area contributed by atoms with Crippen molar-refractivity contribution in [3.05, 3.63) is 65.2 Å².